The highest BCUT2D eigenvalue weighted by atomic mass is 32.2. The maximum atomic E-state index is 12.0. The molecule has 0 atom stereocenters. The van der Waals surface area contributed by atoms with Crippen LogP contribution in [0.3, 0.4) is 0 Å². The van der Waals surface area contributed by atoms with E-state index in [4.69, 9.17) is 5.14 Å². The Labute approximate surface area is 153 Å². The third kappa shape index (κ3) is 6.08. The van der Waals surface area contributed by atoms with Crippen molar-refractivity contribution in [3.05, 3.63) is 47.9 Å². The molecule has 1 aromatic carbocycles. The van der Waals surface area contributed by atoms with Crippen LogP contribution >= 0.6 is 0 Å². The molecule has 8 nitrogen and oxygen atoms in total. The predicted octanol–water partition coefficient (Wildman–Crippen LogP) is 1.31. The summed E-state index contributed by atoms with van der Waals surface area (Å²) >= 11 is 0. The highest BCUT2D eigenvalue weighted by Gasteiger charge is 2.08. The van der Waals surface area contributed by atoms with Gasteiger partial charge in [0.1, 0.15) is 17.8 Å². The van der Waals surface area contributed by atoms with E-state index in [1.807, 2.05) is 0 Å². The molecule has 0 bridgehead atoms. The molecule has 0 saturated heterocycles. The van der Waals surface area contributed by atoms with Crippen molar-refractivity contribution < 1.29 is 13.2 Å². The van der Waals surface area contributed by atoms with Crippen LogP contribution < -0.4 is 15.8 Å². The molecule has 2 rings (SSSR count). The van der Waals surface area contributed by atoms with E-state index >= 15 is 0 Å². The molecule has 1 amide bonds. The summed E-state index contributed by atoms with van der Waals surface area (Å²) in [5.41, 5.74) is 1.27. The van der Waals surface area contributed by atoms with E-state index in [1.165, 1.54) is 18.5 Å². The van der Waals surface area contributed by atoms with Crippen molar-refractivity contribution in [1.82, 2.24) is 15.3 Å². The van der Waals surface area contributed by atoms with Crippen molar-refractivity contribution in [3.8, 4) is 0 Å². The van der Waals surface area contributed by atoms with Gasteiger partial charge in [0.15, 0.2) is 0 Å². The highest BCUT2D eigenvalue weighted by Crippen LogP contribution is 2.10. The van der Waals surface area contributed by atoms with Crippen LogP contribution in [0.15, 0.2) is 41.6 Å². The third-order valence-corrected chi connectivity index (χ3v) is 4.62. The van der Waals surface area contributed by atoms with Crippen LogP contribution in [0.2, 0.25) is 0 Å². The first-order valence-corrected chi connectivity index (χ1v) is 9.90. The van der Waals surface area contributed by atoms with Crippen LogP contribution in [0.5, 0.6) is 0 Å². The average Bonchev–Trinajstić information content (AvgIpc) is 2.62. The predicted molar refractivity (Wildman–Crippen MR) is 99.3 cm³/mol. The normalized spacial score (nSPS) is 11.2. The molecule has 0 saturated carbocycles. The minimum atomic E-state index is -3.68. The molecule has 140 valence electrons. The lowest BCUT2D eigenvalue weighted by Crippen LogP contribution is -2.25. The van der Waals surface area contributed by atoms with Gasteiger partial charge in [-0.3, -0.25) is 4.79 Å². The summed E-state index contributed by atoms with van der Waals surface area (Å²) in [4.78, 5) is 20.2. The smallest absolute Gasteiger partial charge is 0.270 e. The van der Waals surface area contributed by atoms with E-state index in [9.17, 15) is 13.2 Å². The second kappa shape index (κ2) is 9.25. The Bertz CT molecular complexity index is 838. The summed E-state index contributed by atoms with van der Waals surface area (Å²) in [6, 6.07) is 8.00. The molecule has 0 aliphatic rings. The van der Waals surface area contributed by atoms with Crippen LogP contribution in [0.1, 0.15) is 35.8 Å². The fraction of sp³-hybridized carbons (Fsp3) is 0.353. The molecule has 2 aromatic rings. The number of nitrogens with one attached hydrogen (secondary N) is 2. The Morgan fingerprint density at radius 2 is 1.88 bits per heavy atom. The zero-order valence-electron chi connectivity index (χ0n) is 14.6. The van der Waals surface area contributed by atoms with Gasteiger partial charge in [0.05, 0.1) is 4.90 Å². The van der Waals surface area contributed by atoms with Crippen molar-refractivity contribution in [1.29, 1.82) is 0 Å². The number of amides is 1. The molecular formula is C17H23N5O3S. The van der Waals surface area contributed by atoms with E-state index in [2.05, 4.69) is 27.5 Å². The Morgan fingerprint density at radius 3 is 2.54 bits per heavy atom. The molecule has 0 aliphatic heterocycles. The summed E-state index contributed by atoms with van der Waals surface area (Å²) in [7, 11) is -3.68. The number of anilines is 1. The van der Waals surface area contributed by atoms with Crippen molar-refractivity contribution in [2.45, 2.75) is 31.1 Å². The lowest BCUT2D eigenvalue weighted by atomic mass is 10.1. The van der Waals surface area contributed by atoms with Crippen LogP contribution in [0.25, 0.3) is 0 Å². The molecule has 0 aliphatic carbocycles. The molecule has 0 fully saturated rings. The second-order valence-corrected chi connectivity index (χ2v) is 7.33. The van der Waals surface area contributed by atoms with E-state index in [0.29, 0.717) is 31.0 Å². The van der Waals surface area contributed by atoms with Gasteiger partial charge in [-0.2, -0.15) is 0 Å². The monoisotopic (exact) mass is 377 g/mol. The number of primary sulfonamides is 1. The van der Waals surface area contributed by atoms with Crippen molar-refractivity contribution in [3.63, 3.8) is 0 Å². The van der Waals surface area contributed by atoms with Crippen LogP contribution in [0, 0.1) is 0 Å². The summed E-state index contributed by atoms with van der Waals surface area (Å²) in [6.45, 7) is 3.25. The van der Waals surface area contributed by atoms with Gasteiger partial charge < -0.3 is 10.6 Å². The molecule has 0 spiro atoms. The van der Waals surface area contributed by atoms with Crippen molar-refractivity contribution in [2.75, 3.05) is 18.4 Å². The molecule has 1 aromatic heterocycles. The van der Waals surface area contributed by atoms with E-state index < -0.39 is 10.0 Å². The zero-order chi connectivity index (χ0) is 19.0. The number of benzene rings is 1. The second-order valence-electron chi connectivity index (χ2n) is 5.76. The van der Waals surface area contributed by atoms with Gasteiger partial charge in [0.2, 0.25) is 10.0 Å². The van der Waals surface area contributed by atoms with E-state index in [0.717, 1.165) is 18.4 Å². The fourth-order valence-corrected chi connectivity index (χ4v) is 2.74. The molecule has 0 radical (unpaired) electrons. The molecule has 1 heterocycles. The molecule has 0 unspecified atom stereocenters. The van der Waals surface area contributed by atoms with Gasteiger partial charge >= 0.3 is 0 Å². The van der Waals surface area contributed by atoms with Crippen molar-refractivity contribution in [2.24, 2.45) is 5.14 Å². The zero-order valence-corrected chi connectivity index (χ0v) is 15.4. The number of hydrogen-bond acceptors (Lipinski definition) is 6. The lowest BCUT2D eigenvalue weighted by molar-refractivity contribution is 0.0948. The summed E-state index contributed by atoms with van der Waals surface area (Å²) in [5, 5.41) is 11.0. The average molecular weight is 377 g/mol. The first kappa shape index (κ1) is 19.8. The van der Waals surface area contributed by atoms with Gasteiger partial charge in [-0.05, 0) is 30.5 Å². The largest absolute Gasteiger partial charge is 0.370 e. The summed E-state index contributed by atoms with van der Waals surface area (Å²) < 4.78 is 22.5. The maximum Gasteiger partial charge on any atom is 0.270 e. The Balaban J connectivity index is 1.88. The summed E-state index contributed by atoms with van der Waals surface area (Å²) in [6.07, 6.45) is 3.94. The SMILES string of the molecule is CCCCNC(=O)c1cc(NCCc2ccc(S(N)(=O)=O)cc2)ncn1. The minimum Gasteiger partial charge on any atom is -0.370 e. The number of sulfonamides is 1. The van der Waals surface area contributed by atoms with E-state index in [1.54, 1.807) is 18.2 Å². The van der Waals surface area contributed by atoms with Gasteiger partial charge in [-0.15, -0.1) is 0 Å². The quantitative estimate of drug-likeness (QED) is 0.565. The topological polar surface area (TPSA) is 127 Å². The fourth-order valence-electron chi connectivity index (χ4n) is 2.23. The lowest BCUT2D eigenvalue weighted by Gasteiger charge is -2.08. The third-order valence-electron chi connectivity index (χ3n) is 3.69. The number of unbranched alkanes of at least 4 members (excludes halogenated alkanes) is 1. The molecule has 4 N–H and O–H groups in total. The van der Waals surface area contributed by atoms with Crippen molar-refractivity contribution >= 4 is 21.7 Å². The van der Waals surface area contributed by atoms with E-state index in [-0.39, 0.29) is 10.8 Å². The number of carbonyl (C=O) groups excluding carboxylic acids is 1. The number of rotatable bonds is 9. The molecular weight excluding hydrogens is 354 g/mol. The van der Waals surface area contributed by atoms with Crippen LogP contribution in [0.4, 0.5) is 5.82 Å². The standard InChI is InChI=1S/C17H23N5O3S/c1-2-3-9-20-17(23)15-11-16(22-12-21-15)19-10-8-13-4-6-14(7-5-13)26(18,24)25/h4-7,11-12H,2-3,8-10H2,1H3,(H,20,23)(H2,18,24,25)(H,19,21,22). The minimum absolute atomic E-state index is 0.0868. The molecule has 9 heteroatoms. The first-order valence-electron chi connectivity index (χ1n) is 8.36. The number of hydrogen-bond donors (Lipinski definition) is 3. The number of nitrogens with two attached hydrogens (primary N) is 1. The van der Waals surface area contributed by atoms with Gasteiger partial charge in [0, 0.05) is 19.2 Å². The number of nitrogens with zero attached hydrogens (tertiary/aromatic N) is 2. The van der Waals surface area contributed by atoms with Crippen LogP contribution in [-0.4, -0.2) is 37.4 Å². The van der Waals surface area contributed by atoms with Crippen LogP contribution in [-0.2, 0) is 16.4 Å². The molecule has 26 heavy (non-hydrogen) atoms. The summed E-state index contributed by atoms with van der Waals surface area (Å²) in [5.74, 6) is 0.337. The number of carbonyl (C=O) groups is 1. The highest BCUT2D eigenvalue weighted by molar-refractivity contribution is 7.89. The Morgan fingerprint density at radius 1 is 1.15 bits per heavy atom. The maximum absolute atomic E-state index is 12.0. The number of aromatic nitrogens is 2. The van der Waals surface area contributed by atoms with Gasteiger partial charge in [-0.1, -0.05) is 25.5 Å². The van der Waals surface area contributed by atoms with Gasteiger partial charge in [0.25, 0.3) is 5.91 Å². The Hall–Kier alpha value is -2.52. The first-order chi connectivity index (χ1) is 12.4. The Kier molecular flexibility index (Phi) is 7.05. The van der Waals surface area contributed by atoms with Gasteiger partial charge in [-0.25, -0.2) is 23.5 Å².